The molecule has 0 amide bonds. The summed E-state index contributed by atoms with van der Waals surface area (Å²) in [5.41, 5.74) is 2.32. The van der Waals surface area contributed by atoms with Crippen molar-refractivity contribution >= 4 is 10.8 Å². The maximum Gasteiger partial charge on any atom is 0.258 e. The molecule has 8 nitrogen and oxygen atoms in total. The van der Waals surface area contributed by atoms with Gasteiger partial charge in [-0.1, -0.05) is 0 Å². The van der Waals surface area contributed by atoms with Crippen molar-refractivity contribution in [2.24, 2.45) is 7.05 Å². The van der Waals surface area contributed by atoms with E-state index in [-0.39, 0.29) is 12.4 Å². The van der Waals surface area contributed by atoms with Crippen LogP contribution in [0.4, 0.5) is 0 Å². The van der Waals surface area contributed by atoms with E-state index < -0.39 is 6.29 Å². The van der Waals surface area contributed by atoms with Crippen LogP contribution in [0.5, 0.6) is 23.0 Å². The molecule has 0 N–H and O–H groups in total. The highest BCUT2D eigenvalue weighted by atomic mass is 16.7. The zero-order valence-corrected chi connectivity index (χ0v) is 18.2. The maximum absolute atomic E-state index is 13.2. The third kappa shape index (κ3) is 3.68. The summed E-state index contributed by atoms with van der Waals surface area (Å²) in [6, 6.07) is 9.26. The first-order chi connectivity index (χ1) is 15.0. The Morgan fingerprint density at radius 1 is 0.935 bits per heavy atom. The molecule has 1 aromatic heterocycles. The Kier molecular flexibility index (Phi) is 5.75. The van der Waals surface area contributed by atoms with Crippen molar-refractivity contribution in [2.75, 3.05) is 35.2 Å². The van der Waals surface area contributed by atoms with Crippen LogP contribution >= 0.6 is 0 Å². The molecule has 0 spiro atoms. The zero-order valence-electron chi connectivity index (χ0n) is 18.2. The van der Waals surface area contributed by atoms with Gasteiger partial charge >= 0.3 is 0 Å². The van der Waals surface area contributed by atoms with E-state index in [1.807, 2.05) is 18.2 Å². The summed E-state index contributed by atoms with van der Waals surface area (Å²) >= 11 is 0. The molecule has 0 atom stereocenters. The first-order valence-electron chi connectivity index (χ1n) is 9.75. The molecule has 8 heteroatoms. The molecule has 0 saturated carbocycles. The van der Waals surface area contributed by atoms with Gasteiger partial charge in [0.2, 0.25) is 6.79 Å². The van der Waals surface area contributed by atoms with Gasteiger partial charge in [-0.3, -0.25) is 4.79 Å². The monoisotopic (exact) mass is 427 g/mol. The van der Waals surface area contributed by atoms with Gasteiger partial charge in [-0.05, 0) is 41.3 Å². The number of aromatic nitrogens is 1. The fraction of sp³-hybridized carbons (Fsp3) is 0.348. The number of nitrogens with zero attached hydrogens (tertiary/aromatic N) is 1. The largest absolute Gasteiger partial charge is 0.493 e. The van der Waals surface area contributed by atoms with Crippen LogP contribution in [-0.2, 0) is 22.9 Å². The highest BCUT2D eigenvalue weighted by molar-refractivity contribution is 5.89. The molecule has 0 saturated heterocycles. The van der Waals surface area contributed by atoms with Gasteiger partial charge in [0.1, 0.15) is 0 Å². The van der Waals surface area contributed by atoms with Gasteiger partial charge in [0.25, 0.3) is 5.56 Å². The van der Waals surface area contributed by atoms with E-state index in [1.54, 1.807) is 52.2 Å². The number of hydrogen-bond acceptors (Lipinski definition) is 7. The molecule has 2 heterocycles. The summed E-state index contributed by atoms with van der Waals surface area (Å²) in [6.07, 6.45) is 0.0258. The van der Waals surface area contributed by atoms with E-state index in [0.717, 1.165) is 22.2 Å². The molecule has 0 fully saturated rings. The normalized spacial score (nSPS) is 12.6. The minimum atomic E-state index is -0.444. The van der Waals surface area contributed by atoms with Gasteiger partial charge in [-0.2, -0.15) is 0 Å². The topological polar surface area (TPSA) is 77.4 Å². The Balaban J connectivity index is 1.95. The van der Waals surface area contributed by atoms with Gasteiger partial charge in [-0.25, -0.2) is 0 Å². The Hall–Kier alpha value is -3.23. The van der Waals surface area contributed by atoms with Gasteiger partial charge in [-0.15, -0.1) is 0 Å². The van der Waals surface area contributed by atoms with Crippen molar-refractivity contribution in [3.8, 4) is 34.3 Å². The fourth-order valence-corrected chi connectivity index (χ4v) is 3.83. The third-order valence-corrected chi connectivity index (χ3v) is 5.53. The van der Waals surface area contributed by atoms with Crippen LogP contribution in [0, 0.1) is 0 Å². The van der Waals surface area contributed by atoms with Crippen LogP contribution in [0.25, 0.3) is 22.0 Å². The first kappa shape index (κ1) is 21.0. The van der Waals surface area contributed by atoms with E-state index in [9.17, 15) is 4.79 Å². The zero-order chi connectivity index (χ0) is 22.1. The van der Waals surface area contributed by atoms with Crippen LogP contribution in [0.15, 0.2) is 35.1 Å². The highest BCUT2D eigenvalue weighted by Gasteiger charge is 2.22. The first-order valence-corrected chi connectivity index (χ1v) is 9.75. The van der Waals surface area contributed by atoms with Crippen molar-refractivity contribution < 1.29 is 28.4 Å². The smallest absolute Gasteiger partial charge is 0.258 e. The molecule has 0 aliphatic carbocycles. The molecule has 1 aliphatic heterocycles. The molecular formula is C23H25NO7. The molecule has 0 unspecified atom stereocenters. The van der Waals surface area contributed by atoms with Gasteiger partial charge in [0.15, 0.2) is 29.3 Å². The molecule has 2 aromatic carbocycles. The van der Waals surface area contributed by atoms with Crippen molar-refractivity contribution in [3.05, 3.63) is 46.2 Å². The second-order valence-corrected chi connectivity index (χ2v) is 7.16. The minimum absolute atomic E-state index is 0.146. The van der Waals surface area contributed by atoms with E-state index in [1.165, 1.54) is 0 Å². The third-order valence-electron chi connectivity index (χ3n) is 5.53. The summed E-state index contributed by atoms with van der Waals surface area (Å²) in [6.45, 7) is 0.157. The predicted molar refractivity (Wildman–Crippen MR) is 115 cm³/mol. The average molecular weight is 427 g/mol. The summed E-state index contributed by atoms with van der Waals surface area (Å²) in [7, 11) is 8.03. The molecule has 0 bridgehead atoms. The lowest BCUT2D eigenvalue weighted by Gasteiger charge is -2.19. The average Bonchev–Trinajstić information content (AvgIpc) is 3.25. The second kappa shape index (κ2) is 8.49. The summed E-state index contributed by atoms with van der Waals surface area (Å²) in [5.74, 6) is 2.34. The SMILES string of the molecule is COc1cc2cc(-c3cc4c(cc3CC(OC)OC)OCO4)n(C)c(=O)c2cc1OC. The summed E-state index contributed by atoms with van der Waals surface area (Å²) in [5, 5.41) is 1.28. The molecule has 31 heavy (non-hydrogen) atoms. The quantitative estimate of drug-likeness (QED) is 0.536. The fourth-order valence-electron chi connectivity index (χ4n) is 3.83. The number of benzene rings is 2. The number of pyridine rings is 1. The molecule has 3 aromatic rings. The van der Waals surface area contributed by atoms with Gasteiger partial charge in [0, 0.05) is 33.3 Å². The molecule has 1 aliphatic rings. The molecule has 0 radical (unpaired) electrons. The number of hydrogen-bond donors (Lipinski definition) is 0. The Morgan fingerprint density at radius 2 is 1.58 bits per heavy atom. The molecular weight excluding hydrogens is 402 g/mol. The Labute approximate surface area is 179 Å². The van der Waals surface area contributed by atoms with E-state index in [4.69, 9.17) is 28.4 Å². The lowest BCUT2D eigenvalue weighted by molar-refractivity contribution is -0.100. The second-order valence-electron chi connectivity index (χ2n) is 7.16. The van der Waals surface area contributed by atoms with Crippen LogP contribution < -0.4 is 24.5 Å². The maximum atomic E-state index is 13.2. The van der Waals surface area contributed by atoms with E-state index >= 15 is 0 Å². The van der Waals surface area contributed by atoms with Crippen LogP contribution in [0.1, 0.15) is 5.56 Å². The predicted octanol–water partition coefficient (Wildman–Crippen LogP) is 3.11. The Morgan fingerprint density at radius 3 is 2.23 bits per heavy atom. The lowest BCUT2D eigenvalue weighted by Crippen LogP contribution is -2.20. The van der Waals surface area contributed by atoms with Crippen molar-refractivity contribution in [2.45, 2.75) is 12.7 Å². The number of fused-ring (bicyclic) bond motifs is 2. The Bertz CT molecular complexity index is 1180. The van der Waals surface area contributed by atoms with E-state index in [0.29, 0.717) is 34.8 Å². The summed E-state index contributed by atoms with van der Waals surface area (Å²) in [4.78, 5) is 13.2. The van der Waals surface area contributed by atoms with Gasteiger partial charge in [0.05, 0.1) is 25.3 Å². The standard InChI is InChI=1S/C23H25NO7/c1-24-17(6-13-7-18(26-2)19(27-3)11-16(13)23(24)25)15-10-21-20(30-12-31-21)8-14(15)9-22(28-4)29-5/h6-8,10-11,22H,9,12H2,1-5H3. The number of ether oxygens (including phenoxy) is 6. The minimum Gasteiger partial charge on any atom is -0.493 e. The number of methoxy groups -OCH3 is 4. The van der Waals surface area contributed by atoms with Crippen LogP contribution in [0.3, 0.4) is 0 Å². The van der Waals surface area contributed by atoms with Gasteiger partial charge < -0.3 is 33.0 Å². The molecule has 164 valence electrons. The van der Waals surface area contributed by atoms with Crippen molar-refractivity contribution in [1.29, 1.82) is 0 Å². The highest BCUT2D eigenvalue weighted by Crippen LogP contribution is 2.40. The van der Waals surface area contributed by atoms with Crippen LogP contribution in [0.2, 0.25) is 0 Å². The van der Waals surface area contributed by atoms with Crippen molar-refractivity contribution in [3.63, 3.8) is 0 Å². The number of rotatable bonds is 7. The molecule has 4 rings (SSSR count). The summed E-state index contributed by atoms with van der Waals surface area (Å²) < 4.78 is 34.3. The lowest BCUT2D eigenvalue weighted by atomic mass is 9.98. The van der Waals surface area contributed by atoms with E-state index in [2.05, 4.69) is 0 Å². The van der Waals surface area contributed by atoms with Crippen molar-refractivity contribution in [1.82, 2.24) is 4.57 Å². The van der Waals surface area contributed by atoms with Crippen LogP contribution in [-0.4, -0.2) is 46.1 Å².